The highest BCUT2D eigenvalue weighted by Gasteiger charge is 2.10. The summed E-state index contributed by atoms with van der Waals surface area (Å²) in [6.07, 6.45) is 2.89. The van der Waals surface area contributed by atoms with Crippen LogP contribution in [-0.2, 0) is 20.5 Å². The van der Waals surface area contributed by atoms with Gasteiger partial charge in [-0.15, -0.1) is 0 Å². The molecule has 0 bridgehead atoms. The van der Waals surface area contributed by atoms with Crippen molar-refractivity contribution in [3.05, 3.63) is 66.8 Å². The molecule has 1 aromatic heterocycles. The Morgan fingerprint density at radius 3 is 2.18 bits per heavy atom. The van der Waals surface area contributed by atoms with Gasteiger partial charge in [0.2, 0.25) is 0 Å². The lowest BCUT2D eigenvalue weighted by Crippen LogP contribution is -2.39. The van der Waals surface area contributed by atoms with Gasteiger partial charge in [-0.1, -0.05) is 26.0 Å². The molecule has 2 rings (SSSR count). The van der Waals surface area contributed by atoms with Gasteiger partial charge in [0.05, 0.1) is 4.92 Å². The van der Waals surface area contributed by atoms with E-state index in [1.807, 2.05) is 12.1 Å². The van der Waals surface area contributed by atoms with E-state index in [9.17, 15) is 19.7 Å². The number of nitrogens with zero attached hydrogens (tertiary/aromatic N) is 5. The van der Waals surface area contributed by atoms with Crippen molar-refractivity contribution in [1.29, 1.82) is 0 Å². The van der Waals surface area contributed by atoms with E-state index in [2.05, 4.69) is 29.0 Å². The Hall–Kier alpha value is -2.98. The Kier molecular flexibility index (Phi) is 11.0. The third kappa shape index (κ3) is 8.11. The highest BCUT2D eigenvalue weighted by molar-refractivity contribution is 5.34. The Morgan fingerprint density at radius 1 is 0.912 bits per heavy atom. The summed E-state index contributed by atoms with van der Waals surface area (Å²) in [6.45, 7) is 10.6. The smallest absolute Gasteiger partial charge is 0.332 e. The molecule has 1 aromatic carbocycles. The van der Waals surface area contributed by atoms with Gasteiger partial charge in [-0.25, -0.2) is 4.79 Å². The van der Waals surface area contributed by atoms with Gasteiger partial charge in [0.25, 0.3) is 11.2 Å². The van der Waals surface area contributed by atoms with Gasteiger partial charge in [-0.05, 0) is 44.5 Å². The fourth-order valence-corrected chi connectivity index (χ4v) is 3.85. The number of benzene rings is 1. The second-order valence-corrected chi connectivity index (χ2v) is 8.44. The first-order chi connectivity index (χ1) is 16.3. The van der Waals surface area contributed by atoms with Crippen LogP contribution >= 0.6 is 0 Å². The lowest BCUT2D eigenvalue weighted by Gasteiger charge is -2.26. The predicted molar refractivity (Wildman–Crippen MR) is 136 cm³/mol. The van der Waals surface area contributed by atoms with Crippen molar-refractivity contribution in [2.24, 2.45) is 14.1 Å². The van der Waals surface area contributed by atoms with Gasteiger partial charge in [-0.2, -0.15) is 0 Å². The Balaban J connectivity index is 1.89. The Bertz CT molecular complexity index is 1030. The fourth-order valence-electron chi connectivity index (χ4n) is 3.85. The van der Waals surface area contributed by atoms with Crippen molar-refractivity contribution in [3.8, 4) is 0 Å². The minimum atomic E-state index is -0.378. The molecule has 188 valence electrons. The van der Waals surface area contributed by atoms with Gasteiger partial charge in [0, 0.05) is 58.5 Å². The van der Waals surface area contributed by atoms with Crippen LogP contribution in [0.5, 0.6) is 0 Å². The number of aryl methyl sites for hydroxylation is 1. The third-order valence-corrected chi connectivity index (χ3v) is 6.22. The maximum absolute atomic E-state index is 12.1. The van der Waals surface area contributed by atoms with Crippen LogP contribution in [-0.4, -0.2) is 69.7 Å². The number of likely N-dealkylation sites (N-methyl/N-ethyl adjacent to an activating group) is 1. The standard InChI is InChI=1S/C24H38N6O4/c1-5-28(6-2)17-18-29(15-8-7-9-20-10-12-21(13-11-20)30(33)34)16-14-25-22-19-23(31)27(4)24(32)26(22)3/h10-13,19,25H,5-9,14-18H2,1-4H3. The average molecular weight is 475 g/mol. The van der Waals surface area contributed by atoms with Crippen LogP contribution in [0.2, 0.25) is 0 Å². The van der Waals surface area contributed by atoms with Gasteiger partial charge < -0.3 is 15.1 Å². The van der Waals surface area contributed by atoms with Crippen LogP contribution in [0.3, 0.4) is 0 Å². The highest BCUT2D eigenvalue weighted by atomic mass is 16.6. The summed E-state index contributed by atoms with van der Waals surface area (Å²) in [7, 11) is 3.13. The first-order valence-electron chi connectivity index (χ1n) is 12.0. The number of hydrogen-bond acceptors (Lipinski definition) is 7. The molecule has 0 saturated carbocycles. The van der Waals surface area contributed by atoms with Gasteiger partial charge >= 0.3 is 5.69 Å². The zero-order chi connectivity index (χ0) is 25.1. The van der Waals surface area contributed by atoms with E-state index in [1.165, 1.54) is 17.7 Å². The summed E-state index contributed by atoms with van der Waals surface area (Å²) in [5.41, 5.74) is 0.552. The van der Waals surface area contributed by atoms with Crippen molar-refractivity contribution >= 4 is 11.5 Å². The number of rotatable bonds is 15. The number of hydrogen-bond donors (Lipinski definition) is 1. The number of nitrogens with one attached hydrogen (secondary N) is 1. The van der Waals surface area contributed by atoms with E-state index >= 15 is 0 Å². The molecule has 0 aliphatic heterocycles. The van der Waals surface area contributed by atoms with E-state index in [-0.39, 0.29) is 21.9 Å². The number of nitro groups is 1. The molecule has 1 heterocycles. The number of nitro benzene ring substituents is 1. The quantitative estimate of drug-likeness (QED) is 0.239. The summed E-state index contributed by atoms with van der Waals surface area (Å²) < 4.78 is 2.54. The molecule has 0 radical (unpaired) electrons. The van der Waals surface area contributed by atoms with E-state index in [1.54, 1.807) is 19.2 Å². The molecule has 0 aliphatic carbocycles. The van der Waals surface area contributed by atoms with Gasteiger partial charge in [-0.3, -0.25) is 24.0 Å². The molecule has 0 aliphatic rings. The largest absolute Gasteiger partial charge is 0.370 e. The maximum atomic E-state index is 12.1. The first kappa shape index (κ1) is 27.3. The second kappa shape index (κ2) is 13.7. The summed E-state index contributed by atoms with van der Waals surface area (Å²) >= 11 is 0. The first-order valence-corrected chi connectivity index (χ1v) is 12.0. The fraction of sp³-hybridized carbons (Fsp3) is 0.583. The number of aromatic nitrogens is 2. The zero-order valence-corrected chi connectivity index (χ0v) is 20.8. The molecule has 10 nitrogen and oxygen atoms in total. The van der Waals surface area contributed by atoms with Crippen LogP contribution in [0, 0.1) is 10.1 Å². The third-order valence-electron chi connectivity index (χ3n) is 6.22. The summed E-state index contributed by atoms with van der Waals surface area (Å²) in [6, 6.07) is 8.22. The van der Waals surface area contributed by atoms with Gasteiger partial charge in [0.15, 0.2) is 0 Å². The SMILES string of the molecule is CCN(CC)CCN(CCCCc1ccc([N+](=O)[O-])cc1)CCNc1cc(=O)n(C)c(=O)n1C. The summed E-state index contributed by atoms with van der Waals surface area (Å²) in [5, 5.41) is 14.0. The normalized spacial score (nSPS) is 11.4. The summed E-state index contributed by atoms with van der Waals surface area (Å²) in [4.78, 5) is 39.3. The molecule has 2 aromatic rings. The van der Waals surface area contributed by atoms with E-state index in [4.69, 9.17) is 0 Å². The van der Waals surface area contributed by atoms with Crippen molar-refractivity contribution < 1.29 is 4.92 Å². The predicted octanol–water partition coefficient (Wildman–Crippen LogP) is 2.07. The Labute approximate surface area is 201 Å². The number of unbranched alkanes of at least 4 members (excludes halogenated alkanes) is 1. The molecule has 34 heavy (non-hydrogen) atoms. The van der Waals surface area contributed by atoms with Crippen LogP contribution < -0.4 is 16.6 Å². The lowest BCUT2D eigenvalue weighted by atomic mass is 10.1. The van der Waals surface area contributed by atoms with E-state index in [0.717, 1.165) is 68.7 Å². The average Bonchev–Trinajstić information content (AvgIpc) is 2.83. The summed E-state index contributed by atoms with van der Waals surface area (Å²) in [5.74, 6) is 0.523. The maximum Gasteiger partial charge on any atom is 0.332 e. The van der Waals surface area contributed by atoms with Crippen LogP contribution in [0.4, 0.5) is 11.5 Å². The second-order valence-electron chi connectivity index (χ2n) is 8.44. The Morgan fingerprint density at radius 2 is 1.56 bits per heavy atom. The topological polar surface area (TPSA) is 106 Å². The van der Waals surface area contributed by atoms with Crippen molar-refractivity contribution in [1.82, 2.24) is 18.9 Å². The molecule has 0 amide bonds. The van der Waals surface area contributed by atoms with E-state index < -0.39 is 0 Å². The van der Waals surface area contributed by atoms with Crippen molar-refractivity contribution in [2.75, 3.05) is 51.1 Å². The molecule has 0 fully saturated rings. The van der Waals surface area contributed by atoms with Crippen LogP contribution in [0.25, 0.3) is 0 Å². The molecule has 0 atom stereocenters. The molecule has 0 unspecified atom stereocenters. The zero-order valence-electron chi connectivity index (χ0n) is 20.8. The molecule has 1 N–H and O–H groups in total. The van der Waals surface area contributed by atoms with Crippen molar-refractivity contribution in [3.63, 3.8) is 0 Å². The number of non-ortho nitro benzene ring substituents is 1. The minimum absolute atomic E-state index is 0.118. The van der Waals surface area contributed by atoms with Crippen LogP contribution in [0.1, 0.15) is 32.3 Å². The minimum Gasteiger partial charge on any atom is -0.370 e. The molecule has 10 heteroatoms. The van der Waals surface area contributed by atoms with Gasteiger partial charge in [0.1, 0.15) is 5.82 Å². The lowest BCUT2D eigenvalue weighted by molar-refractivity contribution is -0.384. The highest BCUT2D eigenvalue weighted by Crippen LogP contribution is 2.14. The molecule has 0 spiro atoms. The number of anilines is 1. The monoisotopic (exact) mass is 474 g/mol. The van der Waals surface area contributed by atoms with Crippen molar-refractivity contribution in [2.45, 2.75) is 33.1 Å². The molecule has 0 saturated heterocycles. The molecular formula is C24H38N6O4. The molecular weight excluding hydrogens is 436 g/mol. The van der Waals surface area contributed by atoms with Crippen LogP contribution in [0.15, 0.2) is 39.9 Å². The van der Waals surface area contributed by atoms with E-state index in [0.29, 0.717) is 12.4 Å².